The summed E-state index contributed by atoms with van der Waals surface area (Å²) in [5, 5.41) is 9.24. The molecule has 1 heterocycles. The Bertz CT molecular complexity index is 150. The molecule has 2 nitrogen and oxygen atoms in total. The minimum Gasteiger partial charge on any atom is -0.396 e. The topological polar surface area (TPSA) is 29.5 Å². The van der Waals surface area contributed by atoms with Crippen molar-refractivity contribution < 1.29 is 9.84 Å². The van der Waals surface area contributed by atoms with Gasteiger partial charge in [-0.25, -0.2) is 0 Å². The van der Waals surface area contributed by atoms with Crippen molar-refractivity contribution in [2.75, 3.05) is 19.8 Å². The number of aliphatic hydroxyl groups excluding tert-OH is 1. The van der Waals surface area contributed by atoms with Crippen LogP contribution in [0, 0.1) is 11.3 Å². The Morgan fingerprint density at radius 2 is 2.00 bits per heavy atom. The molecule has 0 bridgehead atoms. The van der Waals surface area contributed by atoms with Crippen LogP contribution in [0.2, 0.25) is 0 Å². The lowest BCUT2D eigenvalue weighted by molar-refractivity contribution is -0.0187. The lowest BCUT2D eigenvalue weighted by atomic mass is 9.72. The molecular formula is C10H18O2. The van der Waals surface area contributed by atoms with E-state index >= 15 is 0 Å². The number of hydrogen-bond acceptors (Lipinski definition) is 2. The second-order valence-electron chi connectivity index (χ2n) is 4.25. The molecule has 0 aromatic rings. The molecule has 0 aromatic heterocycles. The number of ether oxygens (including phenoxy) is 1. The van der Waals surface area contributed by atoms with Crippen molar-refractivity contribution >= 4 is 0 Å². The van der Waals surface area contributed by atoms with Gasteiger partial charge in [-0.05, 0) is 37.0 Å². The standard InChI is InChI=1S/C10H18O2/c11-8-9-2-1-3-10(9)4-6-12-7-5-10/h9,11H,1-8H2. The van der Waals surface area contributed by atoms with E-state index in [1.165, 1.54) is 32.1 Å². The van der Waals surface area contributed by atoms with Gasteiger partial charge in [-0.3, -0.25) is 0 Å². The maximum atomic E-state index is 9.24. The summed E-state index contributed by atoms with van der Waals surface area (Å²) < 4.78 is 5.37. The summed E-state index contributed by atoms with van der Waals surface area (Å²) in [5.41, 5.74) is 0.465. The third kappa shape index (κ3) is 1.27. The molecule has 1 atom stereocenters. The van der Waals surface area contributed by atoms with Gasteiger partial charge in [-0.15, -0.1) is 0 Å². The van der Waals surface area contributed by atoms with Crippen molar-refractivity contribution in [2.45, 2.75) is 32.1 Å². The molecule has 1 spiro atoms. The summed E-state index contributed by atoms with van der Waals surface area (Å²) in [5.74, 6) is 0.571. The van der Waals surface area contributed by atoms with Crippen LogP contribution in [-0.2, 0) is 4.74 Å². The van der Waals surface area contributed by atoms with Gasteiger partial charge >= 0.3 is 0 Å². The zero-order valence-corrected chi connectivity index (χ0v) is 7.59. The van der Waals surface area contributed by atoms with Crippen LogP contribution in [0.4, 0.5) is 0 Å². The summed E-state index contributed by atoms with van der Waals surface area (Å²) in [7, 11) is 0. The van der Waals surface area contributed by atoms with E-state index < -0.39 is 0 Å². The van der Waals surface area contributed by atoms with E-state index in [0.29, 0.717) is 17.9 Å². The van der Waals surface area contributed by atoms with Gasteiger partial charge in [-0.2, -0.15) is 0 Å². The van der Waals surface area contributed by atoms with E-state index in [4.69, 9.17) is 4.74 Å². The van der Waals surface area contributed by atoms with Crippen molar-refractivity contribution in [1.29, 1.82) is 0 Å². The third-order valence-corrected chi connectivity index (χ3v) is 3.80. The van der Waals surface area contributed by atoms with Crippen LogP contribution in [0.15, 0.2) is 0 Å². The molecule has 2 heteroatoms. The molecule has 1 saturated heterocycles. The van der Waals surface area contributed by atoms with Gasteiger partial charge in [0.1, 0.15) is 0 Å². The molecule has 2 aliphatic rings. The molecule has 70 valence electrons. The Morgan fingerprint density at radius 1 is 1.25 bits per heavy atom. The highest BCUT2D eigenvalue weighted by molar-refractivity contribution is 4.92. The largest absolute Gasteiger partial charge is 0.396 e. The Morgan fingerprint density at radius 3 is 2.67 bits per heavy atom. The monoisotopic (exact) mass is 170 g/mol. The van der Waals surface area contributed by atoms with Crippen molar-refractivity contribution in [2.24, 2.45) is 11.3 Å². The van der Waals surface area contributed by atoms with Crippen LogP contribution in [0.3, 0.4) is 0 Å². The number of hydrogen-bond donors (Lipinski definition) is 1. The molecule has 12 heavy (non-hydrogen) atoms. The molecule has 1 N–H and O–H groups in total. The van der Waals surface area contributed by atoms with Crippen LogP contribution < -0.4 is 0 Å². The summed E-state index contributed by atoms with van der Waals surface area (Å²) in [6.45, 7) is 2.22. The van der Waals surface area contributed by atoms with Crippen LogP contribution in [0.25, 0.3) is 0 Å². The van der Waals surface area contributed by atoms with E-state index in [-0.39, 0.29) is 0 Å². The predicted molar refractivity (Wildman–Crippen MR) is 46.9 cm³/mol. The Kier molecular flexibility index (Phi) is 2.37. The van der Waals surface area contributed by atoms with Crippen molar-refractivity contribution in [1.82, 2.24) is 0 Å². The van der Waals surface area contributed by atoms with E-state index in [9.17, 15) is 5.11 Å². The first-order chi connectivity index (χ1) is 5.87. The molecule has 1 aliphatic carbocycles. The SMILES string of the molecule is OCC1CCCC12CCOCC2. The van der Waals surface area contributed by atoms with Crippen molar-refractivity contribution in [3.63, 3.8) is 0 Å². The first-order valence-electron chi connectivity index (χ1n) is 5.06. The smallest absolute Gasteiger partial charge is 0.0471 e. The van der Waals surface area contributed by atoms with Gasteiger partial charge in [0.15, 0.2) is 0 Å². The molecule has 0 aromatic carbocycles. The maximum Gasteiger partial charge on any atom is 0.0471 e. The highest BCUT2D eigenvalue weighted by Gasteiger charge is 2.42. The van der Waals surface area contributed by atoms with Gasteiger partial charge in [0.2, 0.25) is 0 Å². The Labute approximate surface area is 73.9 Å². The molecule has 1 saturated carbocycles. The van der Waals surface area contributed by atoms with E-state index in [1.807, 2.05) is 0 Å². The molecule has 0 radical (unpaired) electrons. The van der Waals surface area contributed by atoms with Crippen LogP contribution in [0.1, 0.15) is 32.1 Å². The molecular weight excluding hydrogens is 152 g/mol. The first-order valence-corrected chi connectivity index (χ1v) is 5.06. The van der Waals surface area contributed by atoms with E-state index in [1.54, 1.807) is 0 Å². The Balaban J connectivity index is 2.05. The highest BCUT2D eigenvalue weighted by atomic mass is 16.5. The summed E-state index contributed by atoms with van der Waals surface area (Å²) in [6.07, 6.45) is 6.22. The average Bonchev–Trinajstić information content (AvgIpc) is 2.49. The van der Waals surface area contributed by atoms with Gasteiger partial charge in [0, 0.05) is 19.8 Å². The fourth-order valence-electron chi connectivity index (χ4n) is 2.93. The second kappa shape index (κ2) is 3.35. The summed E-state index contributed by atoms with van der Waals surface area (Å²) >= 11 is 0. The van der Waals surface area contributed by atoms with Crippen LogP contribution in [-0.4, -0.2) is 24.9 Å². The second-order valence-corrected chi connectivity index (χ2v) is 4.25. The van der Waals surface area contributed by atoms with Gasteiger partial charge in [-0.1, -0.05) is 6.42 Å². The zero-order chi connectivity index (χ0) is 8.44. The lowest BCUT2D eigenvalue weighted by Gasteiger charge is -2.38. The molecule has 0 amide bonds. The van der Waals surface area contributed by atoms with Crippen LogP contribution >= 0.6 is 0 Å². The van der Waals surface area contributed by atoms with Gasteiger partial charge in [0.05, 0.1) is 0 Å². The third-order valence-electron chi connectivity index (χ3n) is 3.80. The van der Waals surface area contributed by atoms with Gasteiger partial charge < -0.3 is 9.84 Å². The molecule has 1 aliphatic heterocycles. The van der Waals surface area contributed by atoms with E-state index in [2.05, 4.69) is 0 Å². The minimum absolute atomic E-state index is 0.389. The molecule has 2 rings (SSSR count). The quantitative estimate of drug-likeness (QED) is 0.647. The van der Waals surface area contributed by atoms with Gasteiger partial charge in [0.25, 0.3) is 0 Å². The first kappa shape index (κ1) is 8.52. The van der Waals surface area contributed by atoms with Crippen molar-refractivity contribution in [3.05, 3.63) is 0 Å². The molecule has 1 unspecified atom stereocenters. The fraction of sp³-hybridized carbons (Fsp3) is 1.00. The predicted octanol–water partition coefficient (Wildman–Crippen LogP) is 1.58. The highest BCUT2D eigenvalue weighted by Crippen LogP contribution is 2.49. The average molecular weight is 170 g/mol. The number of rotatable bonds is 1. The van der Waals surface area contributed by atoms with E-state index in [0.717, 1.165) is 13.2 Å². The lowest BCUT2D eigenvalue weighted by Crippen LogP contribution is -2.34. The van der Waals surface area contributed by atoms with Crippen molar-refractivity contribution in [3.8, 4) is 0 Å². The Hall–Kier alpha value is -0.0800. The van der Waals surface area contributed by atoms with Crippen LogP contribution in [0.5, 0.6) is 0 Å². The number of aliphatic hydroxyl groups is 1. The minimum atomic E-state index is 0.389. The summed E-state index contributed by atoms with van der Waals surface area (Å²) in [4.78, 5) is 0. The normalized spacial score (nSPS) is 34.2. The zero-order valence-electron chi connectivity index (χ0n) is 7.59. The maximum absolute atomic E-state index is 9.24. The fourth-order valence-corrected chi connectivity index (χ4v) is 2.93. The summed E-state index contributed by atoms with van der Waals surface area (Å²) in [6, 6.07) is 0. The molecule has 2 fully saturated rings.